The second kappa shape index (κ2) is 30.0. The number of carboxylic acid groups (broad SMARTS) is 1. The molecule has 1 aliphatic rings. The lowest BCUT2D eigenvalue weighted by atomic mass is 10.0. The lowest BCUT2D eigenvalue weighted by molar-refractivity contribution is -0.142. The molecule has 0 aliphatic carbocycles. The van der Waals surface area contributed by atoms with E-state index in [0.717, 1.165) is 0 Å². The van der Waals surface area contributed by atoms with E-state index < -0.39 is 132 Å². The molecular formula is C46H68N14O13. The zero-order chi connectivity index (χ0) is 54.2. The van der Waals surface area contributed by atoms with Crippen LogP contribution in [0.3, 0.4) is 0 Å². The topological polar surface area (TPSA) is 431 Å². The van der Waals surface area contributed by atoms with Gasteiger partial charge in [0.05, 0.1) is 12.9 Å². The normalized spacial score (nSPS) is 15.8. The van der Waals surface area contributed by atoms with Gasteiger partial charge in [-0.2, -0.15) is 0 Å². The Hall–Kier alpha value is -7.97. The van der Waals surface area contributed by atoms with E-state index >= 15 is 0 Å². The quantitative estimate of drug-likeness (QED) is 0.0317. The minimum atomic E-state index is -1.48. The van der Waals surface area contributed by atoms with Gasteiger partial charge in [0, 0.05) is 51.0 Å². The van der Waals surface area contributed by atoms with E-state index in [9.17, 15) is 62.6 Å². The number of aromatic nitrogens is 2. The number of H-pyrrole nitrogens is 1. The SMILES string of the molecule is CC(=O)N[C@@H](C)C(=O)N[C@@H](Cc1cnc[nH]1)C(=O)N1CCC[C@H]1C(=O)N[C@@H](CCC(N)=O)C(=O)N[C@@H](Cc1ccccc1)C(=O)NCC(=O)N[C@@H](C)C(=O)N[C@@H](CCC(=O)O)C(=O)N[C@@H](CCCCN)C(N)=O. The van der Waals surface area contributed by atoms with E-state index in [-0.39, 0.29) is 51.5 Å². The molecule has 2 aromatic rings. The number of carboxylic acids is 1. The third-order valence-corrected chi connectivity index (χ3v) is 11.6. The Kier molecular flexibility index (Phi) is 24.4. The summed E-state index contributed by atoms with van der Waals surface area (Å²) >= 11 is 0. The first-order valence-corrected chi connectivity index (χ1v) is 23.8. The summed E-state index contributed by atoms with van der Waals surface area (Å²) in [7, 11) is 0. The fraction of sp³-hybridized carbons (Fsp3) is 0.543. The number of primary amides is 2. The van der Waals surface area contributed by atoms with Crippen molar-refractivity contribution >= 4 is 70.9 Å². The van der Waals surface area contributed by atoms with Crippen molar-refractivity contribution in [2.75, 3.05) is 19.6 Å². The molecule has 73 heavy (non-hydrogen) atoms. The predicted molar refractivity (Wildman–Crippen MR) is 258 cm³/mol. The van der Waals surface area contributed by atoms with Gasteiger partial charge in [0.1, 0.15) is 48.3 Å². The van der Waals surface area contributed by atoms with Gasteiger partial charge in [-0.25, -0.2) is 4.98 Å². The maximum atomic E-state index is 14.1. The standard InChI is InChI=1S/C46H68N14O13/c1-25(53-27(3)61)40(67)59-34(21-29-22-50-24-52-29)46(73)60-19-9-13-35(60)45(72)57-31(14-16-36(48)62)44(71)58-33(20-28-10-5-4-6-11-28)42(69)51-23-37(63)54-26(2)41(68)56-32(15-17-38(64)65)43(70)55-30(39(49)66)12-7-8-18-47/h4-6,10-11,22,24-26,30-35H,7-9,12-21,23,47H2,1-3H3,(H2,48,62)(H2,49,66)(H,50,52)(H,51,69)(H,53,61)(H,54,63)(H,55,70)(H,56,68)(H,57,72)(H,58,71)(H,59,67)(H,64,65)/t25-,26-,30-,31-,32-,33-,34-,35-/m0/s1. The molecule has 8 atom stereocenters. The molecular weight excluding hydrogens is 957 g/mol. The molecule has 11 amide bonds. The molecule has 400 valence electrons. The number of benzene rings is 1. The molecule has 1 aromatic heterocycles. The van der Waals surface area contributed by atoms with Crippen LogP contribution in [0.4, 0.5) is 0 Å². The van der Waals surface area contributed by atoms with Crippen molar-refractivity contribution in [1.29, 1.82) is 0 Å². The number of imidazole rings is 1. The van der Waals surface area contributed by atoms with Crippen LogP contribution in [0.25, 0.3) is 0 Å². The number of unbranched alkanes of at least 4 members (excludes halogenated alkanes) is 1. The van der Waals surface area contributed by atoms with Crippen LogP contribution >= 0.6 is 0 Å². The summed E-state index contributed by atoms with van der Waals surface area (Å²) in [6.45, 7) is 3.62. The van der Waals surface area contributed by atoms with Crippen LogP contribution < -0.4 is 59.7 Å². The summed E-state index contributed by atoms with van der Waals surface area (Å²) in [4.78, 5) is 163. The van der Waals surface area contributed by atoms with Gasteiger partial charge in [-0.05, 0) is 70.9 Å². The van der Waals surface area contributed by atoms with Crippen molar-refractivity contribution < 1.29 is 62.6 Å². The molecule has 1 fully saturated rings. The van der Waals surface area contributed by atoms with E-state index in [1.54, 1.807) is 30.3 Å². The van der Waals surface area contributed by atoms with E-state index in [0.29, 0.717) is 37.1 Å². The summed E-state index contributed by atoms with van der Waals surface area (Å²) in [5.74, 6) is -10.0. The van der Waals surface area contributed by atoms with Gasteiger partial charge in [-0.15, -0.1) is 0 Å². The number of nitrogens with one attached hydrogen (secondary N) is 9. The molecule has 1 saturated heterocycles. The van der Waals surface area contributed by atoms with E-state index in [1.807, 2.05) is 0 Å². The Balaban J connectivity index is 1.75. The molecule has 0 radical (unpaired) electrons. The van der Waals surface area contributed by atoms with Gasteiger partial charge in [0.2, 0.25) is 65.0 Å². The number of amides is 11. The van der Waals surface area contributed by atoms with Crippen LogP contribution in [0.1, 0.15) is 89.8 Å². The smallest absolute Gasteiger partial charge is 0.303 e. The van der Waals surface area contributed by atoms with Gasteiger partial charge in [0.25, 0.3) is 0 Å². The highest BCUT2D eigenvalue weighted by molar-refractivity contribution is 5.98. The van der Waals surface area contributed by atoms with Gasteiger partial charge >= 0.3 is 5.97 Å². The highest BCUT2D eigenvalue weighted by atomic mass is 16.4. The minimum absolute atomic E-state index is 0.0542. The van der Waals surface area contributed by atoms with Gasteiger partial charge in [-0.1, -0.05) is 30.3 Å². The molecule has 0 spiro atoms. The minimum Gasteiger partial charge on any atom is -0.481 e. The summed E-state index contributed by atoms with van der Waals surface area (Å²) in [6.07, 6.45) is 2.67. The van der Waals surface area contributed by atoms with E-state index in [2.05, 4.69) is 52.5 Å². The number of aliphatic carboxylic acids is 1. The van der Waals surface area contributed by atoms with Gasteiger partial charge in [-0.3, -0.25) is 57.5 Å². The number of carbonyl (C=O) groups excluding carboxylic acids is 11. The van der Waals surface area contributed by atoms with Gasteiger partial charge < -0.3 is 74.7 Å². The molecule has 2 heterocycles. The third-order valence-electron chi connectivity index (χ3n) is 11.6. The van der Waals surface area contributed by atoms with Crippen LogP contribution in [0.15, 0.2) is 42.9 Å². The Morgan fingerprint density at radius 3 is 1.90 bits per heavy atom. The number of likely N-dealkylation sites (tertiary alicyclic amines) is 1. The molecule has 16 N–H and O–H groups in total. The molecule has 27 heteroatoms. The number of aromatic amines is 1. The first-order valence-electron chi connectivity index (χ1n) is 23.8. The molecule has 3 rings (SSSR count). The number of nitrogens with two attached hydrogens (primary N) is 3. The maximum Gasteiger partial charge on any atom is 0.303 e. The summed E-state index contributed by atoms with van der Waals surface area (Å²) in [5, 5.41) is 29.1. The lowest BCUT2D eigenvalue weighted by Crippen LogP contribution is -2.59. The van der Waals surface area contributed by atoms with Crippen LogP contribution in [0.2, 0.25) is 0 Å². The van der Waals surface area contributed by atoms with Crippen LogP contribution in [-0.2, 0) is 70.4 Å². The van der Waals surface area contributed by atoms with Gasteiger partial charge in [0.15, 0.2) is 0 Å². The van der Waals surface area contributed by atoms with Crippen molar-refractivity contribution in [3.05, 3.63) is 54.1 Å². The molecule has 0 bridgehead atoms. The second-order valence-electron chi connectivity index (χ2n) is 17.5. The zero-order valence-corrected chi connectivity index (χ0v) is 41.0. The largest absolute Gasteiger partial charge is 0.481 e. The van der Waals surface area contributed by atoms with Crippen molar-refractivity contribution in [3.63, 3.8) is 0 Å². The molecule has 0 unspecified atom stereocenters. The van der Waals surface area contributed by atoms with E-state index in [4.69, 9.17) is 17.2 Å². The monoisotopic (exact) mass is 1020 g/mol. The highest BCUT2D eigenvalue weighted by Gasteiger charge is 2.40. The average Bonchev–Trinajstić information content (AvgIpc) is 4.05. The molecule has 1 aromatic carbocycles. The fourth-order valence-corrected chi connectivity index (χ4v) is 7.67. The lowest BCUT2D eigenvalue weighted by Gasteiger charge is -2.30. The average molecular weight is 1030 g/mol. The number of nitrogens with zero attached hydrogens (tertiary/aromatic N) is 2. The Morgan fingerprint density at radius 1 is 0.712 bits per heavy atom. The van der Waals surface area contributed by atoms with Crippen molar-refractivity contribution in [1.82, 2.24) is 57.4 Å². The predicted octanol–water partition coefficient (Wildman–Crippen LogP) is -4.50. The number of hydrogen-bond donors (Lipinski definition) is 13. The maximum absolute atomic E-state index is 14.1. The molecule has 27 nitrogen and oxygen atoms in total. The molecule has 1 aliphatic heterocycles. The first kappa shape index (κ1) is 59.3. The van der Waals surface area contributed by atoms with Crippen molar-refractivity contribution in [3.8, 4) is 0 Å². The fourth-order valence-electron chi connectivity index (χ4n) is 7.67. The molecule has 0 saturated carbocycles. The van der Waals surface area contributed by atoms with Crippen molar-refractivity contribution in [2.24, 2.45) is 17.2 Å². The van der Waals surface area contributed by atoms with Crippen LogP contribution in [0, 0.1) is 0 Å². The first-order chi connectivity index (χ1) is 34.6. The van der Waals surface area contributed by atoms with Crippen LogP contribution in [-0.4, -0.2) is 159 Å². The summed E-state index contributed by atoms with van der Waals surface area (Å²) < 4.78 is 0. The van der Waals surface area contributed by atoms with Crippen LogP contribution in [0.5, 0.6) is 0 Å². The highest BCUT2D eigenvalue weighted by Crippen LogP contribution is 2.20. The zero-order valence-electron chi connectivity index (χ0n) is 41.0. The van der Waals surface area contributed by atoms with Crippen molar-refractivity contribution in [2.45, 2.75) is 140 Å². The number of carbonyl (C=O) groups is 12. The third kappa shape index (κ3) is 20.7. The number of hydrogen-bond acceptors (Lipinski definition) is 14. The number of rotatable bonds is 31. The summed E-state index contributed by atoms with van der Waals surface area (Å²) in [5.41, 5.74) is 17.4. The van der Waals surface area contributed by atoms with E-state index in [1.165, 1.54) is 38.2 Å². The summed E-state index contributed by atoms with van der Waals surface area (Å²) in [6, 6.07) is -1.76. The second-order valence-corrected chi connectivity index (χ2v) is 17.5. The Morgan fingerprint density at radius 2 is 1.32 bits per heavy atom. The Bertz CT molecular complexity index is 2260. The Labute approximate surface area is 420 Å².